The zero-order valence-electron chi connectivity index (χ0n) is 13.0. The molecule has 0 amide bonds. The summed E-state index contributed by atoms with van der Waals surface area (Å²) in [5, 5.41) is 3.46. The molecule has 112 valence electrons. The highest BCUT2D eigenvalue weighted by molar-refractivity contribution is 5.50. The van der Waals surface area contributed by atoms with Crippen LogP contribution < -0.4 is 10.2 Å². The van der Waals surface area contributed by atoms with Gasteiger partial charge in [0, 0.05) is 25.7 Å². The molecule has 0 radical (unpaired) electrons. The maximum Gasteiger partial charge on any atom is 0.146 e. The van der Waals surface area contributed by atoms with Crippen molar-refractivity contribution in [2.45, 2.75) is 52.6 Å². The van der Waals surface area contributed by atoms with Crippen LogP contribution in [0.15, 0.2) is 18.2 Å². The third kappa shape index (κ3) is 3.95. The standard InChI is InChI=1S/C17H27FN2/c1-4-14(3)19-12-15-5-6-16(18)17(11-15)20-9-7-13(2)8-10-20/h5-6,11,13-14,19H,4,7-10,12H2,1-3H3. The molecule has 1 saturated heterocycles. The summed E-state index contributed by atoms with van der Waals surface area (Å²) < 4.78 is 14.1. The average molecular weight is 278 g/mol. The van der Waals surface area contributed by atoms with E-state index in [1.807, 2.05) is 12.1 Å². The molecule has 1 aromatic rings. The zero-order chi connectivity index (χ0) is 14.5. The summed E-state index contributed by atoms with van der Waals surface area (Å²) in [4.78, 5) is 2.20. The average Bonchev–Trinajstić information content (AvgIpc) is 2.47. The van der Waals surface area contributed by atoms with Gasteiger partial charge in [-0.05, 0) is 49.8 Å². The van der Waals surface area contributed by atoms with E-state index in [-0.39, 0.29) is 5.82 Å². The van der Waals surface area contributed by atoms with Crippen LogP contribution in [0.2, 0.25) is 0 Å². The molecule has 0 aliphatic carbocycles. The zero-order valence-corrected chi connectivity index (χ0v) is 13.0. The van der Waals surface area contributed by atoms with Crippen LogP contribution in [0, 0.1) is 11.7 Å². The van der Waals surface area contributed by atoms with E-state index in [2.05, 4.69) is 31.0 Å². The lowest BCUT2D eigenvalue weighted by Gasteiger charge is -2.32. The third-order valence-electron chi connectivity index (χ3n) is 4.40. The van der Waals surface area contributed by atoms with Crippen LogP contribution >= 0.6 is 0 Å². The number of halogens is 1. The Morgan fingerprint density at radius 3 is 2.70 bits per heavy atom. The Bertz CT molecular complexity index is 425. The fraction of sp³-hybridized carbons (Fsp3) is 0.647. The molecule has 20 heavy (non-hydrogen) atoms. The van der Waals surface area contributed by atoms with E-state index in [0.29, 0.717) is 6.04 Å². The normalized spacial score (nSPS) is 18.3. The Morgan fingerprint density at radius 2 is 2.05 bits per heavy atom. The third-order valence-corrected chi connectivity index (χ3v) is 4.40. The lowest BCUT2D eigenvalue weighted by atomic mass is 9.98. The van der Waals surface area contributed by atoms with E-state index in [1.165, 1.54) is 5.56 Å². The number of nitrogens with zero attached hydrogens (tertiary/aromatic N) is 1. The first-order valence-corrected chi connectivity index (χ1v) is 7.87. The molecule has 1 unspecified atom stereocenters. The largest absolute Gasteiger partial charge is 0.369 e. The van der Waals surface area contributed by atoms with Gasteiger partial charge in [-0.15, -0.1) is 0 Å². The van der Waals surface area contributed by atoms with Gasteiger partial charge in [-0.2, -0.15) is 0 Å². The second kappa shape index (κ2) is 7.07. The van der Waals surface area contributed by atoms with Crippen molar-refractivity contribution in [2.24, 2.45) is 5.92 Å². The summed E-state index contributed by atoms with van der Waals surface area (Å²) >= 11 is 0. The summed E-state index contributed by atoms with van der Waals surface area (Å²) in [6.07, 6.45) is 3.43. The van der Waals surface area contributed by atoms with Gasteiger partial charge >= 0.3 is 0 Å². The Kier molecular flexibility index (Phi) is 5.41. The highest BCUT2D eigenvalue weighted by atomic mass is 19.1. The molecule has 3 heteroatoms. The second-order valence-corrected chi connectivity index (χ2v) is 6.15. The van der Waals surface area contributed by atoms with Crippen molar-refractivity contribution in [3.8, 4) is 0 Å². The minimum absolute atomic E-state index is 0.0909. The summed E-state index contributed by atoms with van der Waals surface area (Å²) in [5.74, 6) is 0.677. The molecule has 2 nitrogen and oxygen atoms in total. The van der Waals surface area contributed by atoms with Crippen molar-refractivity contribution < 1.29 is 4.39 Å². The van der Waals surface area contributed by atoms with Gasteiger partial charge in [-0.1, -0.05) is 19.9 Å². The van der Waals surface area contributed by atoms with Gasteiger partial charge in [0.2, 0.25) is 0 Å². The maximum atomic E-state index is 14.1. The van der Waals surface area contributed by atoms with Gasteiger partial charge in [-0.3, -0.25) is 0 Å². The summed E-state index contributed by atoms with van der Waals surface area (Å²) in [5.41, 5.74) is 1.95. The predicted molar refractivity (Wildman–Crippen MR) is 83.6 cm³/mol. The van der Waals surface area contributed by atoms with E-state index in [9.17, 15) is 4.39 Å². The maximum absolute atomic E-state index is 14.1. The molecule has 0 aromatic heterocycles. The Morgan fingerprint density at radius 1 is 1.35 bits per heavy atom. The van der Waals surface area contributed by atoms with E-state index in [1.54, 1.807) is 6.07 Å². The molecule has 1 fully saturated rings. The van der Waals surface area contributed by atoms with Crippen LogP contribution in [0.1, 0.15) is 45.6 Å². The lowest BCUT2D eigenvalue weighted by molar-refractivity contribution is 0.434. The molecule has 1 aliphatic heterocycles. The number of piperidine rings is 1. The minimum atomic E-state index is -0.0909. The van der Waals surface area contributed by atoms with Crippen molar-refractivity contribution >= 4 is 5.69 Å². The fourth-order valence-corrected chi connectivity index (χ4v) is 2.60. The van der Waals surface area contributed by atoms with Crippen LogP contribution in [0.4, 0.5) is 10.1 Å². The smallest absolute Gasteiger partial charge is 0.146 e. The number of rotatable bonds is 5. The summed E-state index contributed by atoms with van der Waals surface area (Å²) in [7, 11) is 0. The first-order valence-electron chi connectivity index (χ1n) is 7.87. The summed E-state index contributed by atoms with van der Waals surface area (Å²) in [6.45, 7) is 9.38. The van der Waals surface area contributed by atoms with Gasteiger partial charge in [-0.25, -0.2) is 4.39 Å². The monoisotopic (exact) mass is 278 g/mol. The van der Waals surface area contributed by atoms with E-state index in [4.69, 9.17) is 0 Å². The number of hydrogen-bond acceptors (Lipinski definition) is 2. The summed E-state index contributed by atoms with van der Waals surface area (Å²) in [6, 6.07) is 6.02. The topological polar surface area (TPSA) is 15.3 Å². The molecule has 0 saturated carbocycles. The van der Waals surface area contributed by atoms with E-state index in [0.717, 1.165) is 50.5 Å². The van der Waals surface area contributed by atoms with Crippen LogP contribution in [-0.4, -0.2) is 19.1 Å². The SMILES string of the molecule is CCC(C)NCc1ccc(F)c(N2CCC(C)CC2)c1. The highest BCUT2D eigenvalue weighted by Crippen LogP contribution is 2.26. The minimum Gasteiger partial charge on any atom is -0.369 e. The van der Waals surface area contributed by atoms with E-state index >= 15 is 0 Å². The van der Waals surface area contributed by atoms with Crippen LogP contribution in [0.3, 0.4) is 0 Å². The van der Waals surface area contributed by atoms with E-state index < -0.39 is 0 Å². The molecule has 0 spiro atoms. The molecular formula is C17H27FN2. The molecule has 1 atom stereocenters. The molecule has 1 aliphatic rings. The molecule has 1 aromatic carbocycles. The van der Waals surface area contributed by atoms with Crippen molar-refractivity contribution in [1.82, 2.24) is 5.32 Å². The Labute approximate surface area is 122 Å². The van der Waals surface area contributed by atoms with Crippen LogP contribution in [0.5, 0.6) is 0 Å². The van der Waals surface area contributed by atoms with Crippen molar-refractivity contribution in [3.63, 3.8) is 0 Å². The van der Waals surface area contributed by atoms with Crippen molar-refractivity contribution in [2.75, 3.05) is 18.0 Å². The molecular weight excluding hydrogens is 251 g/mol. The van der Waals surface area contributed by atoms with Crippen molar-refractivity contribution in [3.05, 3.63) is 29.6 Å². The first kappa shape index (κ1) is 15.3. The number of anilines is 1. The number of nitrogens with one attached hydrogen (secondary N) is 1. The van der Waals surface area contributed by atoms with Gasteiger partial charge in [0.15, 0.2) is 0 Å². The molecule has 0 bridgehead atoms. The lowest BCUT2D eigenvalue weighted by Crippen LogP contribution is -2.33. The number of benzene rings is 1. The van der Waals surface area contributed by atoms with Gasteiger partial charge in [0.05, 0.1) is 5.69 Å². The Hall–Kier alpha value is -1.09. The van der Waals surface area contributed by atoms with Crippen LogP contribution in [-0.2, 0) is 6.54 Å². The first-order chi connectivity index (χ1) is 9.60. The second-order valence-electron chi connectivity index (χ2n) is 6.15. The van der Waals surface area contributed by atoms with Crippen molar-refractivity contribution in [1.29, 1.82) is 0 Å². The molecule has 1 heterocycles. The van der Waals surface area contributed by atoms with Crippen LogP contribution in [0.25, 0.3) is 0 Å². The quantitative estimate of drug-likeness (QED) is 0.877. The molecule has 1 N–H and O–H groups in total. The van der Waals surface area contributed by atoms with Gasteiger partial charge in [0.25, 0.3) is 0 Å². The van der Waals surface area contributed by atoms with Gasteiger partial charge < -0.3 is 10.2 Å². The number of hydrogen-bond donors (Lipinski definition) is 1. The fourth-order valence-electron chi connectivity index (χ4n) is 2.60. The van der Waals surface area contributed by atoms with Gasteiger partial charge in [0.1, 0.15) is 5.82 Å². The molecule has 2 rings (SSSR count). The predicted octanol–water partition coefficient (Wildman–Crippen LogP) is 3.95. The highest BCUT2D eigenvalue weighted by Gasteiger charge is 2.18. The Balaban J connectivity index is 2.04.